The van der Waals surface area contributed by atoms with Gasteiger partial charge in [0.25, 0.3) is 0 Å². The minimum atomic E-state index is -2.98. The minimum Gasteiger partial charge on any atom is -0.350 e. The molecule has 9 heteroatoms. The van der Waals surface area contributed by atoms with Crippen LogP contribution in [0.1, 0.15) is 13.8 Å². The van der Waals surface area contributed by atoms with Gasteiger partial charge in [0.05, 0.1) is 17.5 Å². The van der Waals surface area contributed by atoms with Crippen molar-refractivity contribution < 1.29 is 8.42 Å². The number of hydrogen-bond acceptors (Lipinski definition) is 8. The van der Waals surface area contributed by atoms with Crippen molar-refractivity contribution >= 4 is 21.6 Å². The third-order valence-electron chi connectivity index (χ3n) is 5.73. The summed E-state index contributed by atoms with van der Waals surface area (Å²) >= 11 is 0. The van der Waals surface area contributed by atoms with Gasteiger partial charge >= 0.3 is 0 Å². The molecular formula is C17H28N6O2S. The molecule has 0 spiro atoms. The summed E-state index contributed by atoms with van der Waals surface area (Å²) in [6.45, 7) is 9.88. The third-order valence-corrected chi connectivity index (χ3v) is 7.45. The summed E-state index contributed by atoms with van der Waals surface area (Å²) in [7, 11) is -2.98. The molecule has 4 heterocycles. The summed E-state index contributed by atoms with van der Waals surface area (Å²) in [4.78, 5) is 16.1. The summed E-state index contributed by atoms with van der Waals surface area (Å²) in [5.74, 6) is 2.03. The van der Waals surface area contributed by atoms with Gasteiger partial charge in [0, 0.05) is 57.5 Å². The first-order valence-electron chi connectivity index (χ1n) is 9.45. The molecule has 3 fully saturated rings. The Labute approximate surface area is 155 Å². The maximum absolute atomic E-state index is 12.1. The first-order valence-corrected chi connectivity index (χ1v) is 11.3. The van der Waals surface area contributed by atoms with Crippen LogP contribution in [0.25, 0.3) is 0 Å². The van der Waals surface area contributed by atoms with Crippen molar-refractivity contribution in [2.24, 2.45) is 0 Å². The van der Waals surface area contributed by atoms with Crippen molar-refractivity contribution in [1.29, 1.82) is 0 Å². The quantitative estimate of drug-likeness (QED) is 0.757. The molecule has 0 unspecified atom stereocenters. The van der Waals surface area contributed by atoms with Gasteiger partial charge in [-0.15, -0.1) is 0 Å². The molecule has 8 nitrogen and oxygen atoms in total. The van der Waals surface area contributed by atoms with Crippen molar-refractivity contribution in [2.45, 2.75) is 32.0 Å². The van der Waals surface area contributed by atoms with E-state index in [1.54, 1.807) is 6.20 Å². The van der Waals surface area contributed by atoms with Gasteiger partial charge in [-0.2, -0.15) is 4.98 Å². The highest BCUT2D eigenvalue weighted by molar-refractivity contribution is 7.91. The zero-order chi connectivity index (χ0) is 18.3. The molecule has 2 atom stereocenters. The standard InChI is InChI=1S/C17H28N6O2S/c1-13(2)21-7-9-22(10-8-21)17-19-4-3-16(20-17)23-6-5-18-14-11-26(24,25)12-15(14)23/h3-4,13-15,18H,5-12H2,1-2H3/t14-,15+/m0/s1. The van der Waals surface area contributed by atoms with Crippen LogP contribution in [0.4, 0.5) is 11.8 Å². The normalized spacial score (nSPS) is 29.2. The third kappa shape index (κ3) is 3.52. The number of piperazine rings is 2. The lowest BCUT2D eigenvalue weighted by molar-refractivity contribution is 0.208. The van der Waals surface area contributed by atoms with Crippen LogP contribution >= 0.6 is 0 Å². The highest BCUT2D eigenvalue weighted by Gasteiger charge is 2.43. The summed E-state index contributed by atoms with van der Waals surface area (Å²) in [6, 6.07) is 2.43. The molecule has 1 aromatic heterocycles. The molecule has 1 N–H and O–H groups in total. The number of hydrogen-bond donors (Lipinski definition) is 1. The fourth-order valence-corrected chi connectivity index (χ4v) is 6.20. The van der Waals surface area contributed by atoms with E-state index in [1.165, 1.54) is 0 Å². The highest BCUT2D eigenvalue weighted by Crippen LogP contribution is 2.26. The fraction of sp³-hybridized carbons (Fsp3) is 0.765. The Hall–Kier alpha value is -1.45. The fourth-order valence-electron chi connectivity index (χ4n) is 4.24. The Morgan fingerprint density at radius 1 is 1.15 bits per heavy atom. The van der Waals surface area contributed by atoms with Crippen LogP contribution in [-0.2, 0) is 9.84 Å². The van der Waals surface area contributed by atoms with Crippen LogP contribution in [0, 0.1) is 0 Å². The van der Waals surface area contributed by atoms with Crippen LogP contribution in [0.5, 0.6) is 0 Å². The predicted molar refractivity (Wildman–Crippen MR) is 103 cm³/mol. The molecule has 0 aromatic carbocycles. The van der Waals surface area contributed by atoms with E-state index in [2.05, 4.69) is 38.8 Å². The van der Waals surface area contributed by atoms with E-state index in [0.717, 1.165) is 51.0 Å². The molecular weight excluding hydrogens is 352 g/mol. The molecule has 0 aliphatic carbocycles. The van der Waals surface area contributed by atoms with Crippen LogP contribution < -0.4 is 15.1 Å². The lowest BCUT2D eigenvalue weighted by Crippen LogP contribution is -2.57. The molecule has 3 aliphatic rings. The lowest BCUT2D eigenvalue weighted by Gasteiger charge is -2.39. The summed E-state index contributed by atoms with van der Waals surface area (Å²) in [6.07, 6.45) is 1.80. The number of aromatic nitrogens is 2. The van der Waals surface area contributed by atoms with Crippen molar-refractivity contribution in [3.8, 4) is 0 Å². The van der Waals surface area contributed by atoms with E-state index in [4.69, 9.17) is 4.98 Å². The number of sulfone groups is 1. The van der Waals surface area contributed by atoms with E-state index >= 15 is 0 Å². The Morgan fingerprint density at radius 3 is 2.65 bits per heavy atom. The number of anilines is 2. The second-order valence-electron chi connectivity index (χ2n) is 7.73. The van der Waals surface area contributed by atoms with Gasteiger partial charge < -0.3 is 15.1 Å². The maximum Gasteiger partial charge on any atom is 0.227 e. The molecule has 4 rings (SSSR count). The summed E-state index contributed by atoms with van der Waals surface area (Å²) in [5, 5.41) is 3.35. The second-order valence-corrected chi connectivity index (χ2v) is 9.88. The highest BCUT2D eigenvalue weighted by atomic mass is 32.2. The minimum absolute atomic E-state index is 0.00162. The molecule has 0 saturated carbocycles. The van der Waals surface area contributed by atoms with Gasteiger partial charge in [0.1, 0.15) is 5.82 Å². The maximum atomic E-state index is 12.1. The largest absolute Gasteiger partial charge is 0.350 e. The number of nitrogens with zero attached hydrogens (tertiary/aromatic N) is 5. The van der Waals surface area contributed by atoms with E-state index in [0.29, 0.717) is 6.04 Å². The Balaban J connectivity index is 1.51. The van der Waals surface area contributed by atoms with Gasteiger partial charge in [0.2, 0.25) is 5.95 Å². The SMILES string of the molecule is CC(C)N1CCN(c2nccc(N3CCN[C@H]4CS(=O)(=O)C[C@H]43)n2)CC1. The molecule has 144 valence electrons. The smallest absolute Gasteiger partial charge is 0.227 e. The molecule has 0 bridgehead atoms. The molecule has 3 aliphatic heterocycles. The van der Waals surface area contributed by atoms with Crippen LogP contribution in [0.15, 0.2) is 12.3 Å². The number of rotatable bonds is 3. The number of nitrogens with one attached hydrogen (secondary N) is 1. The Morgan fingerprint density at radius 2 is 1.92 bits per heavy atom. The molecule has 1 aromatic rings. The van der Waals surface area contributed by atoms with Gasteiger partial charge in [-0.1, -0.05) is 0 Å². The monoisotopic (exact) mass is 380 g/mol. The first-order chi connectivity index (χ1) is 12.4. The molecule has 0 amide bonds. The first kappa shape index (κ1) is 17.9. The van der Waals surface area contributed by atoms with E-state index < -0.39 is 9.84 Å². The average molecular weight is 381 g/mol. The number of fused-ring (bicyclic) bond motifs is 1. The van der Waals surface area contributed by atoms with Gasteiger partial charge in [-0.05, 0) is 19.9 Å². The molecule has 3 saturated heterocycles. The zero-order valence-corrected chi connectivity index (χ0v) is 16.3. The zero-order valence-electron chi connectivity index (χ0n) is 15.5. The molecule has 0 radical (unpaired) electrons. The van der Waals surface area contributed by atoms with Crippen LogP contribution in [0.2, 0.25) is 0 Å². The Kier molecular flexibility index (Phi) is 4.79. The predicted octanol–water partition coefficient (Wildman–Crippen LogP) is -0.418. The summed E-state index contributed by atoms with van der Waals surface area (Å²) < 4.78 is 24.1. The van der Waals surface area contributed by atoms with Crippen molar-refractivity contribution in [3.05, 3.63) is 12.3 Å². The summed E-state index contributed by atoms with van der Waals surface area (Å²) in [5.41, 5.74) is 0. The van der Waals surface area contributed by atoms with Gasteiger partial charge in [0.15, 0.2) is 9.84 Å². The molecule has 26 heavy (non-hydrogen) atoms. The average Bonchev–Trinajstić information content (AvgIpc) is 2.95. The van der Waals surface area contributed by atoms with E-state index in [-0.39, 0.29) is 23.6 Å². The van der Waals surface area contributed by atoms with E-state index in [1.807, 2.05) is 6.07 Å². The van der Waals surface area contributed by atoms with Crippen LogP contribution in [-0.4, -0.2) is 92.2 Å². The van der Waals surface area contributed by atoms with Crippen molar-refractivity contribution in [1.82, 2.24) is 20.2 Å². The van der Waals surface area contributed by atoms with Gasteiger partial charge in [-0.25, -0.2) is 13.4 Å². The Bertz CT molecular complexity index is 747. The van der Waals surface area contributed by atoms with Crippen LogP contribution in [0.3, 0.4) is 0 Å². The second kappa shape index (κ2) is 6.94. The lowest BCUT2D eigenvalue weighted by atomic mass is 10.1. The van der Waals surface area contributed by atoms with Crippen molar-refractivity contribution in [2.75, 3.05) is 60.6 Å². The topological polar surface area (TPSA) is 81.7 Å². The van der Waals surface area contributed by atoms with Crippen molar-refractivity contribution in [3.63, 3.8) is 0 Å². The van der Waals surface area contributed by atoms with E-state index in [9.17, 15) is 8.42 Å². The van der Waals surface area contributed by atoms with Gasteiger partial charge in [-0.3, -0.25) is 4.90 Å².